The lowest BCUT2D eigenvalue weighted by Crippen LogP contribution is -2.18. The number of pyridine rings is 1. The van der Waals surface area contributed by atoms with Crippen LogP contribution in [0.15, 0.2) is 194 Å². The van der Waals surface area contributed by atoms with Crippen molar-refractivity contribution in [1.82, 2.24) is 23.7 Å². The standard InChI is InChI=1S/C51H35N5/c1-4-15-34(16-5-1)46-32-43-45(56(46)51-29-13-12-20-37(51)33-51)27-26-42-41-24-10-11-25-44(41)54(48(42)43)39-23-14-19-36(31-39)40-28-30-52-50-47(40)53-49(35-17-6-2-7-18-35)55(50)38-21-8-3-9-22-38/h1-32,37H,33H2. The van der Waals surface area contributed by atoms with E-state index < -0.39 is 0 Å². The molecule has 0 aliphatic heterocycles. The molecular formula is C51H35N5. The molecule has 0 saturated heterocycles. The Kier molecular flexibility index (Phi) is 6.61. The molecule has 5 nitrogen and oxygen atoms in total. The summed E-state index contributed by atoms with van der Waals surface area (Å²) in [6.45, 7) is 0. The highest BCUT2D eigenvalue weighted by molar-refractivity contribution is 6.19. The largest absolute Gasteiger partial charge is 0.330 e. The molecule has 5 heteroatoms. The van der Waals surface area contributed by atoms with Crippen molar-refractivity contribution in [3.63, 3.8) is 0 Å². The molecule has 0 amide bonds. The molecule has 2 atom stereocenters. The number of rotatable bonds is 6. The van der Waals surface area contributed by atoms with Gasteiger partial charge in [0.15, 0.2) is 5.65 Å². The Hall–Kier alpha value is -7.24. The topological polar surface area (TPSA) is 40.6 Å². The average Bonchev–Trinajstić information content (AvgIpc) is 3.50. The molecule has 4 aromatic heterocycles. The van der Waals surface area contributed by atoms with Crippen LogP contribution in [0.1, 0.15) is 6.42 Å². The van der Waals surface area contributed by atoms with Crippen molar-refractivity contribution in [3.8, 4) is 45.1 Å². The summed E-state index contributed by atoms with van der Waals surface area (Å²) >= 11 is 0. The van der Waals surface area contributed by atoms with Gasteiger partial charge < -0.3 is 9.13 Å². The number of nitrogens with zero attached hydrogens (tertiary/aromatic N) is 5. The van der Waals surface area contributed by atoms with Crippen molar-refractivity contribution < 1.29 is 0 Å². The molecule has 0 spiro atoms. The Morgan fingerprint density at radius 2 is 1.29 bits per heavy atom. The van der Waals surface area contributed by atoms with Crippen LogP contribution in [-0.2, 0) is 5.54 Å². The lowest BCUT2D eigenvalue weighted by molar-refractivity contribution is 0.589. The van der Waals surface area contributed by atoms with Crippen LogP contribution in [0.4, 0.5) is 0 Å². The molecule has 1 fully saturated rings. The highest BCUT2D eigenvalue weighted by atomic mass is 15.1. The minimum absolute atomic E-state index is 0.0550. The minimum atomic E-state index is -0.0550. The van der Waals surface area contributed by atoms with E-state index in [4.69, 9.17) is 9.97 Å². The third-order valence-electron chi connectivity index (χ3n) is 12.0. The summed E-state index contributed by atoms with van der Waals surface area (Å²) < 4.78 is 7.28. The molecule has 1 saturated carbocycles. The fraction of sp³-hybridized carbons (Fsp3) is 0.0588. The molecule has 2 aliphatic carbocycles. The third kappa shape index (κ3) is 4.48. The monoisotopic (exact) mass is 717 g/mol. The van der Waals surface area contributed by atoms with Gasteiger partial charge in [0.1, 0.15) is 11.3 Å². The lowest BCUT2D eigenvalue weighted by atomic mass is 10.0. The number of para-hydroxylation sites is 2. The van der Waals surface area contributed by atoms with E-state index in [0.717, 1.165) is 51.5 Å². The Bertz CT molecular complexity index is 3220. The van der Waals surface area contributed by atoms with E-state index in [9.17, 15) is 0 Å². The Balaban J connectivity index is 1.11. The van der Waals surface area contributed by atoms with Crippen molar-refractivity contribution in [1.29, 1.82) is 0 Å². The van der Waals surface area contributed by atoms with Crippen molar-refractivity contribution in [3.05, 3.63) is 194 Å². The van der Waals surface area contributed by atoms with Crippen molar-refractivity contribution in [2.24, 2.45) is 5.92 Å². The van der Waals surface area contributed by atoms with Gasteiger partial charge in [-0.2, -0.15) is 0 Å². The number of benzene rings is 6. The number of imidazole rings is 1. The number of allylic oxidation sites excluding steroid dienone is 4. The first-order valence-corrected chi connectivity index (χ1v) is 19.4. The zero-order chi connectivity index (χ0) is 36.8. The van der Waals surface area contributed by atoms with Gasteiger partial charge in [-0.25, -0.2) is 9.97 Å². The molecule has 4 heterocycles. The van der Waals surface area contributed by atoms with Gasteiger partial charge in [0.25, 0.3) is 0 Å². The lowest BCUT2D eigenvalue weighted by Gasteiger charge is -2.22. The van der Waals surface area contributed by atoms with E-state index in [-0.39, 0.29) is 5.54 Å². The van der Waals surface area contributed by atoms with E-state index in [0.29, 0.717) is 5.92 Å². The second-order valence-corrected chi connectivity index (χ2v) is 15.1. The van der Waals surface area contributed by atoms with Crippen LogP contribution in [-0.4, -0.2) is 23.7 Å². The van der Waals surface area contributed by atoms with Crippen LogP contribution >= 0.6 is 0 Å². The summed E-state index contributed by atoms with van der Waals surface area (Å²) in [5.41, 5.74) is 13.1. The highest BCUT2D eigenvalue weighted by Gasteiger charge is 2.54. The van der Waals surface area contributed by atoms with E-state index in [1.165, 1.54) is 44.0 Å². The smallest absolute Gasteiger partial charge is 0.165 e. The van der Waals surface area contributed by atoms with E-state index in [1.54, 1.807) is 0 Å². The van der Waals surface area contributed by atoms with Crippen LogP contribution in [0.25, 0.3) is 89.0 Å². The second-order valence-electron chi connectivity index (χ2n) is 15.1. The molecule has 2 aliphatic rings. The zero-order valence-electron chi connectivity index (χ0n) is 30.5. The van der Waals surface area contributed by atoms with Crippen molar-refractivity contribution >= 4 is 43.9 Å². The highest BCUT2D eigenvalue weighted by Crippen LogP contribution is 2.57. The van der Waals surface area contributed by atoms with Crippen LogP contribution < -0.4 is 0 Å². The number of aromatic nitrogens is 5. The van der Waals surface area contributed by atoms with E-state index in [2.05, 4.69) is 190 Å². The Morgan fingerprint density at radius 3 is 2.11 bits per heavy atom. The molecular weight excluding hydrogens is 683 g/mol. The first kappa shape index (κ1) is 31.1. The quantitative estimate of drug-likeness (QED) is 0.172. The summed E-state index contributed by atoms with van der Waals surface area (Å²) in [5, 5.41) is 3.75. The predicted molar refractivity (Wildman–Crippen MR) is 229 cm³/mol. The van der Waals surface area contributed by atoms with Gasteiger partial charge in [-0.1, -0.05) is 140 Å². The summed E-state index contributed by atoms with van der Waals surface area (Å²) in [6, 6.07) is 58.7. The fourth-order valence-corrected chi connectivity index (χ4v) is 9.37. The van der Waals surface area contributed by atoms with Crippen molar-refractivity contribution in [2.45, 2.75) is 12.0 Å². The van der Waals surface area contributed by atoms with Gasteiger partial charge in [0.05, 0.1) is 22.1 Å². The van der Waals surface area contributed by atoms with Crippen LogP contribution in [0.5, 0.6) is 0 Å². The molecule has 264 valence electrons. The Labute approximate surface area is 323 Å². The molecule has 0 bridgehead atoms. The predicted octanol–water partition coefficient (Wildman–Crippen LogP) is 12.3. The molecule has 56 heavy (non-hydrogen) atoms. The molecule has 6 aromatic carbocycles. The maximum atomic E-state index is 5.35. The number of hydrogen-bond donors (Lipinski definition) is 0. The second kappa shape index (κ2) is 11.9. The maximum absolute atomic E-state index is 5.35. The summed E-state index contributed by atoms with van der Waals surface area (Å²) in [7, 11) is 0. The van der Waals surface area contributed by atoms with Crippen LogP contribution in [0, 0.1) is 5.92 Å². The number of fused-ring (bicyclic) bond motifs is 7. The minimum Gasteiger partial charge on any atom is -0.330 e. The summed E-state index contributed by atoms with van der Waals surface area (Å²) in [6.07, 6.45) is 12.3. The van der Waals surface area contributed by atoms with Gasteiger partial charge in [-0.3, -0.25) is 4.57 Å². The first-order valence-electron chi connectivity index (χ1n) is 19.4. The molecule has 12 rings (SSSR count). The summed E-state index contributed by atoms with van der Waals surface area (Å²) in [5.74, 6) is 1.36. The molecule has 0 N–H and O–H groups in total. The van der Waals surface area contributed by atoms with E-state index >= 15 is 0 Å². The first-order chi connectivity index (χ1) is 27.8. The molecule has 0 radical (unpaired) electrons. The molecule has 2 unspecified atom stereocenters. The van der Waals surface area contributed by atoms with Gasteiger partial charge in [0.2, 0.25) is 0 Å². The van der Waals surface area contributed by atoms with Gasteiger partial charge in [0, 0.05) is 56.5 Å². The van der Waals surface area contributed by atoms with Crippen molar-refractivity contribution in [2.75, 3.05) is 0 Å². The molecule has 10 aromatic rings. The SMILES string of the molecule is C1=CC2CC2(n2c(-c3ccccc3)cc3c2ccc2c4ccccc4n(-c4cccc(-c5ccnc6c5nc(-c5ccccc5)n6-c5ccccc5)c4)c23)C=C1. The maximum Gasteiger partial charge on any atom is 0.165 e. The normalized spacial score (nSPS) is 17.3. The fourth-order valence-electron chi connectivity index (χ4n) is 9.37. The third-order valence-corrected chi connectivity index (χ3v) is 12.0. The Morgan fingerprint density at radius 1 is 0.554 bits per heavy atom. The number of hydrogen-bond acceptors (Lipinski definition) is 2. The van der Waals surface area contributed by atoms with Crippen LogP contribution in [0.3, 0.4) is 0 Å². The average molecular weight is 718 g/mol. The van der Waals surface area contributed by atoms with E-state index in [1.807, 2.05) is 18.3 Å². The van der Waals surface area contributed by atoms with Gasteiger partial charge in [-0.15, -0.1) is 0 Å². The van der Waals surface area contributed by atoms with Gasteiger partial charge >= 0.3 is 0 Å². The van der Waals surface area contributed by atoms with Gasteiger partial charge in [-0.05, 0) is 66.1 Å². The zero-order valence-corrected chi connectivity index (χ0v) is 30.5. The summed E-state index contributed by atoms with van der Waals surface area (Å²) in [4.78, 5) is 10.3. The van der Waals surface area contributed by atoms with Crippen LogP contribution in [0.2, 0.25) is 0 Å².